The molecule has 0 bridgehead atoms. The fraction of sp³-hybridized carbons (Fsp3) is 0.357. The van der Waals surface area contributed by atoms with Gasteiger partial charge in [-0.25, -0.2) is 0 Å². The molecule has 0 aliphatic heterocycles. The van der Waals surface area contributed by atoms with Gasteiger partial charge in [-0.1, -0.05) is 30.3 Å². The molecular weight excluding hydrogens is 212 g/mol. The van der Waals surface area contributed by atoms with Gasteiger partial charge in [0.2, 0.25) is 0 Å². The Kier molecular flexibility index (Phi) is 3.94. The van der Waals surface area contributed by atoms with E-state index in [1.807, 2.05) is 37.5 Å². The summed E-state index contributed by atoms with van der Waals surface area (Å²) in [6.07, 6.45) is 3.66. The molecule has 0 spiro atoms. The number of aromatic nitrogens is 2. The Hall–Kier alpha value is -1.61. The average Bonchev–Trinajstić information content (AvgIpc) is 2.75. The summed E-state index contributed by atoms with van der Waals surface area (Å²) < 4.78 is 1.80. The van der Waals surface area contributed by atoms with Gasteiger partial charge < -0.3 is 5.11 Å². The van der Waals surface area contributed by atoms with Gasteiger partial charge in [-0.2, -0.15) is 5.10 Å². The van der Waals surface area contributed by atoms with Gasteiger partial charge in [0.1, 0.15) is 0 Å². The number of aryl methyl sites for hydroxylation is 1. The van der Waals surface area contributed by atoms with E-state index in [-0.39, 0.29) is 12.5 Å². The molecule has 1 heterocycles. The van der Waals surface area contributed by atoms with Gasteiger partial charge in [-0.15, -0.1) is 0 Å². The van der Waals surface area contributed by atoms with E-state index in [1.54, 1.807) is 4.68 Å². The van der Waals surface area contributed by atoms with Crippen LogP contribution in [0, 0.1) is 5.92 Å². The van der Waals surface area contributed by atoms with Gasteiger partial charge in [0.05, 0.1) is 5.69 Å². The molecule has 1 atom stereocenters. The van der Waals surface area contributed by atoms with E-state index in [1.165, 1.54) is 5.56 Å². The van der Waals surface area contributed by atoms with Crippen molar-refractivity contribution in [1.82, 2.24) is 9.78 Å². The second-order valence-corrected chi connectivity index (χ2v) is 4.42. The SMILES string of the molecule is Cn1ccc(CC(CO)Cc2ccccc2)n1. The minimum atomic E-state index is 0.200. The lowest BCUT2D eigenvalue weighted by Crippen LogP contribution is -2.13. The molecule has 0 amide bonds. The van der Waals surface area contributed by atoms with Crippen molar-refractivity contribution in [2.45, 2.75) is 12.8 Å². The molecule has 90 valence electrons. The first-order valence-electron chi connectivity index (χ1n) is 5.91. The zero-order valence-corrected chi connectivity index (χ0v) is 10.1. The number of rotatable bonds is 5. The molecular formula is C14H18N2O. The van der Waals surface area contributed by atoms with Crippen molar-refractivity contribution in [1.29, 1.82) is 0 Å². The fourth-order valence-electron chi connectivity index (χ4n) is 2.02. The Morgan fingerprint density at radius 1 is 1.18 bits per heavy atom. The smallest absolute Gasteiger partial charge is 0.0628 e. The van der Waals surface area contributed by atoms with E-state index in [0.717, 1.165) is 18.5 Å². The molecule has 3 heteroatoms. The van der Waals surface area contributed by atoms with Crippen LogP contribution in [-0.2, 0) is 19.9 Å². The number of hydrogen-bond acceptors (Lipinski definition) is 2. The van der Waals surface area contributed by atoms with Crippen LogP contribution in [-0.4, -0.2) is 21.5 Å². The number of aliphatic hydroxyl groups excluding tert-OH is 1. The Labute approximate surface area is 102 Å². The minimum absolute atomic E-state index is 0.200. The van der Waals surface area contributed by atoms with Crippen LogP contribution in [0.5, 0.6) is 0 Å². The third-order valence-electron chi connectivity index (χ3n) is 2.89. The Morgan fingerprint density at radius 2 is 1.94 bits per heavy atom. The Morgan fingerprint density at radius 3 is 2.53 bits per heavy atom. The minimum Gasteiger partial charge on any atom is -0.396 e. The van der Waals surface area contributed by atoms with Crippen LogP contribution < -0.4 is 0 Å². The van der Waals surface area contributed by atoms with Crippen molar-refractivity contribution in [2.75, 3.05) is 6.61 Å². The van der Waals surface area contributed by atoms with Gasteiger partial charge in [0.15, 0.2) is 0 Å². The third kappa shape index (κ3) is 3.43. The lowest BCUT2D eigenvalue weighted by atomic mass is 9.96. The molecule has 1 aromatic heterocycles. The molecule has 0 saturated carbocycles. The first-order chi connectivity index (χ1) is 8.28. The molecule has 2 aromatic rings. The molecule has 17 heavy (non-hydrogen) atoms. The van der Waals surface area contributed by atoms with Crippen LogP contribution in [0.15, 0.2) is 42.6 Å². The summed E-state index contributed by atoms with van der Waals surface area (Å²) in [6, 6.07) is 12.3. The molecule has 0 aliphatic rings. The first kappa shape index (κ1) is 11.9. The third-order valence-corrected chi connectivity index (χ3v) is 2.89. The van der Waals surface area contributed by atoms with Gasteiger partial charge in [0, 0.05) is 19.9 Å². The Balaban J connectivity index is 1.98. The normalized spacial score (nSPS) is 12.6. The monoisotopic (exact) mass is 230 g/mol. The molecule has 1 N–H and O–H groups in total. The summed E-state index contributed by atoms with van der Waals surface area (Å²) in [5.41, 5.74) is 2.31. The summed E-state index contributed by atoms with van der Waals surface area (Å²) >= 11 is 0. The predicted octanol–water partition coefficient (Wildman–Crippen LogP) is 1.81. The second kappa shape index (κ2) is 5.64. The zero-order chi connectivity index (χ0) is 12.1. The molecule has 3 nitrogen and oxygen atoms in total. The standard InChI is InChI=1S/C14H18N2O/c1-16-8-7-14(15-16)10-13(11-17)9-12-5-3-2-4-6-12/h2-8,13,17H,9-11H2,1H3. The zero-order valence-electron chi connectivity index (χ0n) is 10.1. The van der Waals surface area contributed by atoms with Crippen LogP contribution in [0.1, 0.15) is 11.3 Å². The first-order valence-corrected chi connectivity index (χ1v) is 5.91. The lowest BCUT2D eigenvalue weighted by Gasteiger charge is -2.12. The van der Waals surface area contributed by atoms with E-state index in [0.29, 0.717) is 0 Å². The lowest BCUT2D eigenvalue weighted by molar-refractivity contribution is 0.224. The topological polar surface area (TPSA) is 38.0 Å². The van der Waals surface area contributed by atoms with E-state index < -0.39 is 0 Å². The van der Waals surface area contributed by atoms with Crippen molar-refractivity contribution in [3.8, 4) is 0 Å². The van der Waals surface area contributed by atoms with Crippen molar-refractivity contribution in [3.05, 3.63) is 53.9 Å². The molecule has 2 rings (SSSR count). The van der Waals surface area contributed by atoms with Crippen LogP contribution in [0.2, 0.25) is 0 Å². The summed E-state index contributed by atoms with van der Waals surface area (Å²) in [6.45, 7) is 0.200. The summed E-state index contributed by atoms with van der Waals surface area (Å²) in [5, 5.41) is 13.8. The van der Waals surface area contributed by atoms with Crippen molar-refractivity contribution >= 4 is 0 Å². The Bertz CT molecular complexity index is 450. The maximum atomic E-state index is 9.42. The van der Waals surface area contributed by atoms with E-state index in [2.05, 4.69) is 17.2 Å². The number of nitrogens with zero attached hydrogens (tertiary/aromatic N) is 2. The highest BCUT2D eigenvalue weighted by Crippen LogP contribution is 2.13. The van der Waals surface area contributed by atoms with E-state index in [4.69, 9.17) is 0 Å². The van der Waals surface area contributed by atoms with Gasteiger partial charge in [0.25, 0.3) is 0 Å². The van der Waals surface area contributed by atoms with Crippen LogP contribution >= 0.6 is 0 Å². The molecule has 0 saturated heterocycles. The summed E-state index contributed by atoms with van der Waals surface area (Å²) in [7, 11) is 1.91. The predicted molar refractivity (Wildman–Crippen MR) is 67.6 cm³/mol. The highest BCUT2D eigenvalue weighted by molar-refractivity contribution is 5.15. The molecule has 1 aromatic carbocycles. The van der Waals surface area contributed by atoms with Crippen molar-refractivity contribution in [2.24, 2.45) is 13.0 Å². The quantitative estimate of drug-likeness (QED) is 0.850. The van der Waals surface area contributed by atoms with Gasteiger partial charge in [-0.05, 0) is 30.4 Å². The molecule has 0 fully saturated rings. The average molecular weight is 230 g/mol. The number of aliphatic hydroxyl groups is 1. The highest BCUT2D eigenvalue weighted by Gasteiger charge is 2.11. The van der Waals surface area contributed by atoms with E-state index >= 15 is 0 Å². The largest absolute Gasteiger partial charge is 0.396 e. The molecule has 1 unspecified atom stereocenters. The maximum absolute atomic E-state index is 9.42. The van der Waals surface area contributed by atoms with Gasteiger partial charge in [-0.3, -0.25) is 4.68 Å². The highest BCUT2D eigenvalue weighted by atomic mass is 16.3. The van der Waals surface area contributed by atoms with Crippen LogP contribution in [0.3, 0.4) is 0 Å². The summed E-state index contributed by atoms with van der Waals surface area (Å²) in [4.78, 5) is 0. The molecule has 0 radical (unpaired) electrons. The van der Waals surface area contributed by atoms with Crippen LogP contribution in [0.4, 0.5) is 0 Å². The van der Waals surface area contributed by atoms with E-state index in [9.17, 15) is 5.11 Å². The summed E-state index contributed by atoms with van der Waals surface area (Å²) in [5.74, 6) is 0.243. The fourth-order valence-corrected chi connectivity index (χ4v) is 2.02. The van der Waals surface area contributed by atoms with Crippen molar-refractivity contribution < 1.29 is 5.11 Å². The number of benzene rings is 1. The van der Waals surface area contributed by atoms with Crippen molar-refractivity contribution in [3.63, 3.8) is 0 Å². The second-order valence-electron chi connectivity index (χ2n) is 4.42. The number of hydrogen-bond donors (Lipinski definition) is 1. The van der Waals surface area contributed by atoms with Crippen LogP contribution in [0.25, 0.3) is 0 Å². The molecule has 0 aliphatic carbocycles. The maximum Gasteiger partial charge on any atom is 0.0628 e. The van der Waals surface area contributed by atoms with Gasteiger partial charge >= 0.3 is 0 Å².